The second-order valence-corrected chi connectivity index (χ2v) is 12.1. The Morgan fingerprint density at radius 2 is 1.61 bits per heavy atom. The molecule has 202 valence electrons. The van der Waals surface area contributed by atoms with Crippen LogP contribution in [0.3, 0.4) is 0 Å². The van der Waals surface area contributed by atoms with Gasteiger partial charge in [-0.1, -0.05) is 80.4 Å². The van der Waals surface area contributed by atoms with E-state index in [0.717, 1.165) is 46.3 Å². The van der Waals surface area contributed by atoms with Crippen molar-refractivity contribution in [1.82, 2.24) is 14.5 Å². The first kappa shape index (κ1) is 27.8. The third-order valence-electron chi connectivity index (χ3n) is 7.36. The Balaban J connectivity index is 1.53. The van der Waals surface area contributed by atoms with Crippen LogP contribution in [0.2, 0.25) is 0 Å². The normalized spacial score (nSPS) is 15.0. The third-order valence-corrected chi connectivity index (χ3v) is 9.16. The van der Waals surface area contributed by atoms with E-state index in [9.17, 15) is 18.0 Å². The summed E-state index contributed by atoms with van der Waals surface area (Å²) in [6, 6.07) is 21.8. The summed E-state index contributed by atoms with van der Waals surface area (Å²) in [5.74, 6) is -0.554. The van der Waals surface area contributed by atoms with Crippen molar-refractivity contribution in [2.45, 2.75) is 62.4 Å². The number of hydrogen-bond donors (Lipinski definition) is 1. The van der Waals surface area contributed by atoms with Gasteiger partial charge in [-0.05, 0) is 54.2 Å². The van der Waals surface area contributed by atoms with Gasteiger partial charge in [0.25, 0.3) is 0 Å². The Hall–Kier alpha value is -3.23. The minimum atomic E-state index is -3.91. The van der Waals surface area contributed by atoms with Crippen molar-refractivity contribution < 1.29 is 18.0 Å². The van der Waals surface area contributed by atoms with Gasteiger partial charge in [0.05, 0.1) is 11.4 Å². The summed E-state index contributed by atoms with van der Waals surface area (Å²) < 4.78 is 27.9. The molecule has 0 unspecified atom stereocenters. The van der Waals surface area contributed by atoms with Gasteiger partial charge in [0, 0.05) is 19.6 Å². The Bertz CT molecular complexity index is 1350. The largest absolute Gasteiger partial charge is 0.352 e. The van der Waals surface area contributed by atoms with Crippen LogP contribution in [0.15, 0.2) is 77.7 Å². The van der Waals surface area contributed by atoms with Crippen molar-refractivity contribution in [2.75, 3.05) is 20.1 Å². The van der Waals surface area contributed by atoms with Crippen LogP contribution < -0.4 is 5.32 Å². The first-order chi connectivity index (χ1) is 18.3. The van der Waals surface area contributed by atoms with Crippen molar-refractivity contribution >= 4 is 32.6 Å². The Kier molecular flexibility index (Phi) is 9.17. The molecule has 1 atom stereocenters. The van der Waals surface area contributed by atoms with Crippen LogP contribution in [0.4, 0.5) is 0 Å². The smallest absolute Gasteiger partial charge is 0.243 e. The number of amides is 2. The number of hydrogen-bond acceptors (Lipinski definition) is 4. The van der Waals surface area contributed by atoms with Crippen molar-refractivity contribution in [2.24, 2.45) is 0 Å². The van der Waals surface area contributed by atoms with E-state index in [1.165, 1.54) is 7.05 Å². The molecule has 7 nitrogen and oxygen atoms in total. The molecule has 0 saturated heterocycles. The molecular formula is C30H37N3O4S. The SMILES string of the molecule is CC[C@H](C(=O)NC1CCCC1)N(CCc1ccccc1)C(=O)CN(C)S(=O)(=O)c1ccc2ccccc2c1. The molecule has 0 aromatic heterocycles. The lowest BCUT2D eigenvalue weighted by Gasteiger charge is -2.32. The molecule has 38 heavy (non-hydrogen) atoms. The van der Waals surface area contributed by atoms with Gasteiger partial charge in [-0.25, -0.2) is 8.42 Å². The molecular weight excluding hydrogens is 498 g/mol. The summed E-state index contributed by atoms with van der Waals surface area (Å²) in [5.41, 5.74) is 1.05. The van der Waals surface area contributed by atoms with Gasteiger partial charge in [-0.2, -0.15) is 4.31 Å². The highest BCUT2D eigenvalue weighted by atomic mass is 32.2. The summed E-state index contributed by atoms with van der Waals surface area (Å²) >= 11 is 0. The van der Waals surface area contributed by atoms with Gasteiger partial charge < -0.3 is 10.2 Å². The molecule has 0 heterocycles. The summed E-state index contributed by atoms with van der Waals surface area (Å²) in [6.07, 6.45) is 5.10. The number of carbonyl (C=O) groups is 2. The molecule has 0 radical (unpaired) electrons. The fourth-order valence-electron chi connectivity index (χ4n) is 5.14. The minimum Gasteiger partial charge on any atom is -0.352 e. The number of carbonyl (C=O) groups excluding carboxylic acids is 2. The van der Waals surface area contributed by atoms with Crippen LogP contribution in [0.5, 0.6) is 0 Å². The molecule has 1 aliphatic carbocycles. The summed E-state index contributed by atoms with van der Waals surface area (Å²) in [7, 11) is -2.50. The van der Waals surface area contributed by atoms with Crippen molar-refractivity contribution in [3.05, 3.63) is 78.4 Å². The van der Waals surface area contributed by atoms with Crippen LogP contribution >= 0.6 is 0 Å². The predicted octanol–water partition coefficient (Wildman–Crippen LogP) is 4.37. The number of fused-ring (bicyclic) bond motifs is 1. The third kappa shape index (κ3) is 6.60. The van der Waals surface area contributed by atoms with Gasteiger partial charge in [0.15, 0.2) is 0 Å². The standard InChI is InChI=1S/C30H37N3O4S/c1-3-28(30(35)31-26-15-9-10-16-26)33(20-19-23-11-5-4-6-12-23)29(34)22-32(2)38(36,37)27-18-17-24-13-7-8-14-25(24)21-27/h4-8,11-14,17-18,21,26,28H,3,9-10,15-16,19-20,22H2,1-2H3,(H,31,35)/t28-/m1/s1. The number of rotatable bonds is 11. The highest BCUT2D eigenvalue weighted by Gasteiger charge is 2.32. The molecule has 0 aliphatic heterocycles. The van der Waals surface area contributed by atoms with Gasteiger partial charge in [0.2, 0.25) is 21.8 Å². The van der Waals surface area contributed by atoms with Gasteiger partial charge in [-0.15, -0.1) is 0 Å². The zero-order valence-corrected chi connectivity index (χ0v) is 23.0. The van der Waals surface area contributed by atoms with Crippen LogP contribution in [0, 0.1) is 0 Å². The summed E-state index contributed by atoms with van der Waals surface area (Å²) in [6.45, 7) is 1.86. The number of likely N-dealkylation sites (N-methyl/N-ethyl adjacent to an activating group) is 1. The van der Waals surface area contributed by atoms with Crippen molar-refractivity contribution in [1.29, 1.82) is 0 Å². The number of nitrogens with one attached hydrogen (secondary N) is 1. The van der Waals surface area contributed by atoms with Gasteiger partial charge in [0.1, 0.15) is 6.04 Å². The lowest BCUT2D eigenvalue weighted by Crippen LogP contribution is -2.54. The fourth-order valence-corrected chi connectivity index (χ4v) is 6.29. The Labute approximate surface area is 225 Å². The fraction of sp³-hybridized carbons (Fsp3) is 0.400. The highest BCUT2D eigenvalue weighted by Crippen LogP contribution is 2.22. The minimum absolute atomic E-state index is 0.133. The molecule has 1 fully saturated rings. The second-order valence-electron chi connectivity index (χ2n) is 10.0. The van der Waals surface area contributed by atoms with Crippen molar-refractivity contribution in [3.8, 4) is 0 Å². The zero-order valence-electron chi connectivity index (χ0n) is 22.2. The molecule has 4 rings (SSSR count). The molecule has 3 aromatic rings. The van der Waals surface area contributed by atoms with Crippen LogP contribution in [0.1, 0.15) is 44.6 Å². The molecule has 1 N–H and O–H groups in total. The molecule has 0 bridgehead atoms. The Morgan fingerprint density at radius 3 is 2.29 bits per heavy atom. The molecule has 1 saturated carbocycles. The predicted molar refractivity (Wildman–Crippen MR) is 150 cm³/mol. The monoisotopic (exact) mass is 535 g/mol. The molecule has 0 spiro atoms. The Morgan fingerprint density at radius 1 is 0.947 bits per heavy atom. The van der Waals surface area contributed by atoms with Crippen LogP contribution in [-0.4, -0.2) is 61.7 Å². The highest BCUT2D eigenvalue weighted by molar-refractivity contribution is 7.89. The van der Waals surface area contributed by atoms with E-state index < -0.39 is 16.1 Å². The van der Waals surface area contributed by atoms with E-state index >= 15 is 0 Å². The maximum Gasteiger partial charge on any atom is 0.243 e. The lowest BCUT2D eigenvalue weighted by atomic mass is 10.1. The van der Waals surface area contributed by atoms with E-state index in [0.29, 0.717) is 19.4 Å². The first-order valence-electron chi connectivity index (χ1n) is 13.4. The van der Waals surface area contributed by atoms with E-state index in [1.54, 1.807) is 23.1 Å². The molecule has 1 aliphatic rings. The second kappa shape index (κ2) is 12.5. The molecule has 2 amide bonds. The van der Waals surface area contributed by atoms with Crippen LogP contribution in [-0.2, 0) is 26.0 Å². The number of benzene rings is 3. The average molecular weight is 536 g/mol. The van der Waals surface area contributed by atoms with E-state index in [1.807, 2.05) is 61.5 Å². The summed E-state index contributed by atoms with van der Waals surface area (Å²) in [4.78, 5) is 28.6. The topological polar surface area (TPSA) is 86.8 Å². The summed E-state index contributed by atoms with van der Waals surface area (Å²) in [5, 5.41) is 4.88. The van der Waals surface area contributed by atoms with E-state index in [4.69, 9.17) is 0 Å². The van der Waals surface area contributed by atoms with Gasteiger partial charge in [-0.3, -0.25) is 9.59 Å². The van der Waals surface area contributed by atoms with Crippen molar-refractivity contribution in [3.63, 3.8) is 0 Å². The number of nitrogens with zero attached hydrogens (tertiary/aromatic N) is 2. The van der Waals surface area contributed by atoms with Gasteiger partial charge >= 0.3 is 0 Å². The van der Waals surface area contributed by atoms with E-state index in [-0.39, 0.29) is 29.3 Å². The first-order valence-corrected chi connectivity index (χ1v) is 14.8. The average Bonchev–Trinajstić information content (AvgIpc) is 3.44. The quantitative estimate of drug-likeness (QED) is 0.395. The maximum atomic E-state index is 13.6. The molecule has 3 aromatic carbocycles. The maximum absolute atomic E-state index is 13.6. The molecule has 8 heteroatoms. The van der Waals surface area contributed by atoms with Crippen LogP contribution in [0.25, 0.3) is 10.8 Å². The lowest BCUT2D eigenvalue weighted by molar-refractivity contribution is -0.141. The zero-order chi connectivity index (χ0) is 27.1. The number of sulfonamides is 1. The van der Waals surface area contributed by atoms with E-state index in [2.05, 4.69) is 5.32 Å².